The number of fused-ring (bicyclic) bond motifs is 2. The van der Waals surface area contributed by atoms with Gasteiger partial charge in [0.05, 0.1) is 30.2 Å². The lowest BCUT2D eigenvalue weighted by atomic mass is 9.54. The number of nitriles is 3. The van der Waals surface area contributed by atoms with E-state index in [4.69, 9.17) is 14.9 Å². The van der Waals surface area contributed by atoms with E-state index >= 15 is 0 Å². The molecule has 2 saturated heterocycles. The van der Waals surface area contributed by atoms with Gasteiger partial charge in [0, 0.05) is 6.92 Å². The van der Waals surface area contributed by atoms with E-state index < -0.39 is 28.6 Å². The molecular weight excluding hydrogens is 280 g/mol. The Hall–Kier alpha value is -2.10. The number of rotatable bonds is 4. The van der Waals surface area contributed by atoms with Crippen LogP contribution in [0.3, 0.4) is 0 Å². The molecule has 6 heteroatoms. The van der Waals surface area contributed by atoms with E-state index in [0.29, 0.717) is 6.42 Å². The second kappa shape index (κ2) is 5.27. The number of hydrogen-bond acceptors (Lipinski definition) is 6. The van der Waals surface area contributed by atoms with E-state index in [1.807, 2.05) is 12.1 Å². The van der Waals surface area contributed by atoms with Gasteiger partial charge in [-0.15, -0.1) is 0 Å². The van der Waals surface area contributed by atoms with Crippen LogP contribution >= 0.6 is 0 Å². The molecule has 116 valence electrons. The fourth-order valence-corrected chi connectivity index (χ4v) is 3.67. The maximum Gasteiger partial charge on any atom is 0.214 e. The van der Waals surface area contributed by atoms with Gasteiger partial charge in [-0.3, -0.25) is 5.41 Å². The van der Waals surface area contributed by atoms with Crippen LogP contribution in [0.4, 0.5) is 0 Å². The van der Waals surface area contributed by atoms with Crippen molar-refractivity contribution in [3.05, 3.63) is 0 Å². The lowest BCUT2D eigenvalue weighted by Crippen LogP contribution is -2.61. The van der Waals surface area contributed by atoms with Crippen LogP contribution in [0.5, 0.6) is 0 Å². The molecule has 0 aromatic carbocycles. The average molecular weight is 300 g/mol. The Labute approximate surface area is 130 Å². The Morgan fingerprint density at radius 3 is 2.32 bits per heavy atom. The maximum absolute atomic E-state index is 9.78. The highest BCUT2D eigenvalue weighted by Crippen LogP contribution is 2.62. The molecule has 2 heterocycles. The van der Waals surface area contributed by atoms with Gasteiger partial charge in [0.2, 0.25) is 11.7 Å². The average Bonchev–Trinajstić information content (AvgIpc) is 2.64. The van der Waals surface area contributed by atoms with Crippen LogP contribution in [-0.4, -0.2) is 17.8 Å². The largest absolute Gasteiger partial charge is 0.448 e. The molecular formula is C16H20N4O2. The standard InChI is InChI=1S/C16H20N4O2/c1-4-5-6-7-12-15(8-17,9-18)16(10-19)11(2)14(3,21-12)22-13(16)20/h11-12,20H,4-7H2,1-3H3. The molecule has 2 fully saturated rings. The molecule has 0 saturated carbocycles. The van der Waals surface area contributed by atoms with Gasteiger partial charge in [-0.2, -0.15) is 15.8 Å². The number of nitrogens with one attached hydrogen (secondary N) is 1. The first-order valence-electron chi connectivity index (χ1n) is 7.58. The molecule has 2 rings (SSSR count). The molecule has 0 aliphatic carbocycles. The Balaban J connectivity index is 2.57. The molecule has 0 spiro atoms. The fourth-order valence-electron chi connectivity index (χ4n) is 3.67. The molecule has 4 unspecified atom stereocenters. The minimum absolute atomic E-state index is 0.328. The predicted octanol–water partition coefficient (Wildman–Crippen LogP) is 2.87. The SMILES string of the molecule is CCCCCC1OC2(C)OC(=N)C(C#N)(C2C)C1(C#N)C#N. The maximum atomic E-state index is 9.78. The van der Waals surface area contributed by atoms with E-state index in [1.54, 1.807) is 13.8 Å². The zero-order valence-electron chi connectivity index (χ0n) is 13.1. The number of nitrogens with zero attached hydrogens (tertiary/aromatic N) is 3. The van der Waals surface area contributed by atoms with Gasteiger partial charge < -0.3 is 9.47 Å². The molecule has 0 aromatic rings. The summed E-state index contributed by atoms with van der Waals surface area (Å²) in [5.41, 5.74) is -3.30. The van der Waals surface area contributed by atoms with Gasteiger partial charge in [-0.25, -0.2) is 0 Å². The van der Waals surface area contributed by atoms with E-state index in [2.05, 4.69) is 13.0 Å². The molecule has 1 N–H and O–H groups in total. The van der Waals surface area contributed by atoms with E-state index in [9.17, 15) is 15.8 Å². The van der Waals surface area contributed by atoms with Crippen LogP contribution in [0, 0.1) is 56.2 Å². The van der Waals surface area contributed by atoms with Crippen molar-refractivity contribution < 1.29 is 9.47 Å². The molecule has 2 aliphatic heterocycles. The number of ether oxygens (including phenoxy) is 2. The molecule has 0 radical (unpaired) electrons. The highest BCUT2D eigenvalue weighted by Gasteiger charge is 2.77. The van der Waals surface area contributed by atoms with Crippen molar-refractivity contribution in [2.45, 2.75) is 58.3 Å². The third-order valence-corrected chi connectivity index (χ3v) is 5.18. The summed E-state index contributed by atoms with van der Waals surface area (Å²) >= 11 is 0. The molecule has 2 bridgehead atoms. The summed E-state index contributed by atoms with van der Waals surface area (Å²) in [4.78, 5) is 0. The fraction of sp³-hybridized carbons (Fsp3) is 0.750. The molecule has 0 aromatic heterocycles. The minimum atomic E-state index is -1.72. The smallest absolute Gasteiger partial charge is 0.214 e. The van der Waals surface area contributed by atoms with Crippen molar-refractivity contribution >= 4 is 5.90 Å². The van der Waals surface area contributed by atoms with Crippen molar-refractivity contribution in [1.29, 1.82) is 21.2 Å². The van der Waals surface area contributed by atoms with Crippen LogP contribution in [0.2, 0.25) is 0 Å². The summed E-state index contributed by atoms with van der Waals surface area (Å²) in [7, 11) is 0. The van der Waals surface area contributed by atoms with E-state index in [1.165, 1.54) is 0 Å². The van der Waals surface area contributed by atoms with Gasteiger partial charge in [0.1, 0.15) is 0 Å². The van der Waals surface area contributed by atoms with Crippen LogP contribution in [-0.2, 0) is 9.47 Å². The molecule has 4 atom stereocenters. The summed E-state index contributed by atoms with van der Waals surface area (Å²) in [5, 5.41) is 37.4. The summed E-state index contributed by atoms with van der Waals surface area (Å²) in [6.45, 7) is 5.44. The van der Waals surface area contributed by atoms with Gasteiger partial charge in [-0.1, -0.05) is 33.1 Å². The van der Waals surface area contributed by atoms with Gasteiger partial charge >= 0.3 is 0 Å². The zero-order valence-corrected chi connectivity index (χ0v) is 13.1. The first kappa shape index (κ1) is 16.3. The Bertz CT molecular complexity index is 597. The van der Waals surface area contributed by atoms with E-state index in [0.717, 1.165) is 19.3 Å². The van der Waals surface area contributed by atoms with Crippen molar-refractivity contribution in [3.8, 4) is 18.2 Å². The molecule has 22 heavy (non-hydrogen) atoms. The normalized spacial score (nSPS) is 38.5. The summed E-state index contributed by atoms with van der Waals surface area (Å²) in [6, 6.07) is 6.10. The van der Waals surface area contributed by atoms with Crippen molar-refractivity contribution in [3.63, 3.8) is 0 Å². The summed E-state index contributed by atoms with van der Waals surface area (Å²) < 4.78 is 11.5. The van der Waals surface area contributed by atoms with Crippen molar-refractivity contribution in [2.24, 2.45) is 16.7 Å². The molecule has 0 amide bonds. The van der Waals surface area contributed by atoms with Crippen LogP contribution < -0.4 is 0 Å². The van der Waals surface area contributed by atoms with Crippen LogP contribution in [0.15, 0.2) is 0 Å². The van der Waals surface area contributed by atoms with Crippen LogP contribution in [0.25, 0.3) is 0 Å². The Morgan fingerprint density at radius 1 is 1.18 bits per heavy atom. The minimum Gasteiger partial charge on any atom is -0.448 e. The van der Waals surface area contributed by atoms with Gasteiger partial charge in [-0.05, 0) is 6.42 Å². The third-order valence-electron chi connectivity index (χ3n) is 5.18. The topological polar surface area (TPSA) is 114 Å². The van der Waals surface area contributed by atoms with Gasteiger partial charge in [0.15, 0.2) is 10.8 Å². The summed E-state index contributed by atoms with van der Waals surface area (Å²) in [5.74, 6) is -2.04. The zero-order chi connectivity index (χ0) is 16.6. The third kappa shape index (κ3) is 1.70. The lowest BCUT2D eigenvalue weighted by molar-refractivity contribution is -0.267. The number of hydrogen-bond donors (Lipinski definition) is 1. The highest BCUT2D eigenvalue weighted by molar-refractivity contribution is 5.89. The second-order valence-corrected chi connectivity index (χ2v) is 6.22. The lowest BCUT2D eigenvalue weighted by Gasteiger charge is -2.47. The second-order valence-electron chi connectivity index (χ2n) is 6.22. The number of unbranched alkanes of at least 4 members (excludes halogenated alkanes) is 2. The van der Waals surface area contributed by atoms with Gasteiger partial charge in [0.25, 0.3) is 0 Å². The Kier molecular flexibility index (Phi) is 3.90. The first-order valence-corrected chi connectivity index (χ1v) is 7.58. The van der Waals surface area contributed by atoms with Crippen LogP contribution in [0.1, 0.15) is 46.5 Å². The van der Waals surface area contributed by atoms with Crippen molar-refractivity contribution in [1.82, 2.24) is 0 Å². The molecule has 2 aliphatic rings. The van der Waals surface area contributed by atoms with E-state index in [-0.39, 0.29) is 5.90 Å². The predicted molar refractivity (Wildman–Crippen MR) is 77.1 cm³/mol. The first-order chi connectivity index (χ1) is 10.4. The highest BCUT2D eigenvalue weighted by atomic mass is 16.7. The summed E-state index contributed by atoms with van der Waals surface area (Å²) in [6.07, 6.45) is 2.51. The molecule has 6 nitrogen and oxygen atoms in total. The quantitative estimate of drug-likeness (QED) is 0.802. The Morgan fingerprint density at radius 2 is 1.82 bits per heavy atom. The monoisotopic (exact) mass is 300 g/mol. The van der Waals surface area contributed by atoms with Crippen molar-refractivity contribution in [2.75, 3.05) is 0 Å².